The number of hydrogen-bond acceptors (Lipinski definition) is 9. The number of amides is 2. The lowest BCUT2D eigenvalue weighted by atomic mass is 9.97. The van der Waals surface area contributed by atoms with Crippen molar-refractivity contribution in [3.63, 3.8) is 0 Å². The Balaban J connectivity index is 1.70. The number of nitrogens with one attached hydrogen (secondary N) is 1. The second-order valence-corrected chi connectivity index (χ2v) is 12.6. The average molecular weight is 598 g/mol. The Kier molecular flexibility index (Phi) is 8.98. The fourth-order valence-corrected chi connectivity index (χ4v) is 4.67. The van der Waals surface area contributed by atoms with Crippen LogP contribution in [0.25, 0.3) is 5.57 Å². The highest BCUT2D eigenvalue weighted by molar-refractivity contribution is 6.00. The van der Waals surface area contributed by atoms with Gasteiger partial charge in [-0.05, 0) is 72.9 Å². The van der Waals surface area contributed by atoms with Gasteiger partial charge in [0.25, 0.3) is 0 Å². The summed E-state index contributed by atoms with van der Waals surface area (Å²) in [7, 11) is 1.57. The number of aromatic nitrogens is 2. The van der Waals surface area contributed by atoms with E-state index in [0.29, 0.717) is 36.3 Å². The zero-order valence-corrected chi connectivity index (χ0v) is 26.1. The van der Waals surface area contributed by atoms with E-state index in [9.17, 15) is 14.4 Å². The summed E-state index contributed by atoms with van der Waals surface area (Å²) in [5, 5.41) is 2.92. The smallest absolute Gasteiger partial charge is 0.414 e. The van der Waals surface area contributed by atoms with Gasteiger partial charge in [0.15, 0.2) is 28.9 Å². The van der Waals surface area contributed by atoms with E-state index in [-0.39, 0.29) is 54.0 Å². The van der Waals surface area contributed by atoms with Crippen LogP contribution in [0.5, 0.6) is 5.75 Å². The number of hydrogen-bond donors (Lipinski definition) is 1. The van der Waals surface area contributed by atoms with Crippen molar-refractivity contribution in [1.29, 1.82) is 0 Å². The van der Waals surface area contributed by atoms with Crippen molar-refractivity contribution in [3.8, 4) is 5.75 Å². The number of halogens is 1. The first-order valence-electron chi connectivity index (χ1n) is 14.3. The molecular weight excluding hydrogens is 557 g/mol. The third-order valence-electron chi connectivity index (χ3n) is 6.58. The van der Waals surface area contributed by atoms with Crippen molar-refractivity contribution in [2.45, 2.75) is 78.9 Å². The number of aryl methyl sites for hydroxylation is 1. The summed E-state index contributed by atoms with van der Waals surface area (Å²) in [5.41, 5.74) is 0.447. The van der Waals surface area contributed by atoms with E-state index in [1.807, 2.05) is 0 Å². The zero-order valence-electron chi connectivity index (χ0n) is 26.1. The molecule has 2 amide bonds. The van der Waals surface area contributed by atoms with Crippen LogP contribution in [0.1, 0.15) is 82.6 Å². The molecule has 0 saturated carbocycles. The quantitative estimate of drug-likeness (QED) is 0.425. The average Bonchev–Trinajstić information content (AvgIpc) is 3.13. The molecule has 2 aliphatic rings. The van der Waals surface area contributed by atoms with E-state index < -0.39 is 29.2 Å². The first-order chi connectivity index (χ1) is 20.0. The largest absolute Gasteiger partial charge is 0.490 e. The molecular formula is C31H40FN5O6. The van der Waals surface area contributed by atoms with Crippen molar-refractivity contribution in [2.75, 3.05) is 37.0 Å². The number of ether oxygens (including phenoxy) is 3. The monoisotopic (exact) mass is 597 g/mol. The van der Waals surface area contributed by atoms with Crippen LogP contribution in [0, 0.1) is 12.7 Å². The zero-order chi connectivity index (χ0) is 31.7. The minimum Gasteiger partial charge on any atom is -0.490 e. The van der Waals surface area contributed by atoms with Crippen LogP contribution in [0.2, 0.25) is 0 Å². The lowest BCUT2D eigenvalue weighted by Crippen LogP contribution is -2.37. The van der Waals surface area contributed by atoms with Crippen LogP contribution < -0.4 is 15.0 Å². The van der Waals surface area contributed by atoms with Crippen molar-refractivity contribution in [2.24, 2.45) is 0 Å². The summed E-state index contributed by atoms with van der Waals surface area (Å²) in [6.45, 7) is 13.2. The second kappa shape index (κ2) is 12.2. The summed E-state index contributed by atoms with van der Waals surface area (Å²) >= 11 is 0. The number of allylic oxidation sites excluding steroid dienone is 1. The number of pyridine rings is 2. The van der Waals surface area contributed by atoms with Crippen molar-refractivity contribution < 1.29 is 33.0 Å². The van der Waals surface area contributed by atoms with Gasteiger partial charge in [-0.2, -0.15) is 0 Å². The molecule has 4 rings (SSSR count). The lowest BCUT2D eigenvalue weighted by molar-refractivity contribution is 0.0273. The number of fused-ring (bicyclic) bond motifs is 1. The van der Waals surface area contributed by atoms with Crippen LogP contribution in [0.3, 0.4) is 0 Å². The Labute approximate surface area is 251 Å². The fourth-order valence-electron chi connectivity index (χ4n) is 4.67. The van der Waals surface area contributed by atoms with Crippen molar-refractivity contribution >= 4 is 40.9 Å². The highest BCUT2D eigenvalue weighted by atomic mass is 19.1. The number of rotatable bonds is 4. The molecule has 0 saturated heterocycles. The third kappa shape index (κ3) is 7.79. The van der Waals surface area contributed by atoms with Gasteiger partial charge in [0.2, 0.25) is 0 Å². The molecule has 2 aliphatic heterocycles. The third-order valence-corrected chi connectivity index (χ3v) is 6.58. The Hall–Kier alpha value is -4.22. The number of ketones is 1. The minimum atomic E-state index is -0.712. The molecule has 0 spiro atoms. The minimum absolute atomic E-state index is 0.0260. The van der Waals surface area contributed by atoms with Gasteiger partial charge in [-0.25, -0.2) is 23.9 Å². The van der Waals surface area contributed by atoms with E-state index in [0.717, 1.165) is 0 Å². The molecule has 1 N–H and O–H groups in total. The molecule has 0 radical (unpaired) electrons. The molecule has 0 aromatic carbocycles. The number of Topliss-reactive ketones (excluding diaryl/α,β-unsaturated/α-hetero) is 1. The van der Waals surface area contributed by atoms with Gasteiger partial charge < -0.3 is 24.4 Å². The Morgan fingerprint density at radius 3 is 2.44 bits per heavy atom. The normalized spacial score (nSPS) is 15.5. The maximum Gasteiger partial charge on any atom is 0.414 e. The van der Waals surface area contributed by atoms with Gasteiger partial charge in [0.1, 0.15) is 17.0 Å². The molecule has 0 bridgehead atoms. The van der Waals surface area contributed by atoms with Gasteiger partial charge >= 0.3 is 12.2 Å². The number of anilines is 3. The summed E-state index contributed by atoms with van der Waals surface area (Å²) in [5.74, 6) is -0.865. The Bertz CT molecular complexity index is 1460. The predicted molar refractivity (Wildman–Crippen MR) is 161 cm³/mol. The van der Waals surface area contributed by atoms with Gasteiger partial charge in [0.05, 0.1) is 17.9 Å². The van der Waals surface area contributed by atoms with Gasteiger partial charge in [-0.15, -0.1) is 0 Å². The van der Waals surface area contributed by atoms with Gasteiger partial charge in [0, 0.05) is 38.3 Å². The molecule has 12 heteroatoms. The second-order valence-electron chi connectivity index (χ2n) is 12.6. The first-order valence-corrected chi connectivity index (χ1v) is 14.3. The van der Waals surface area contributed by atoms with E-state index >= 15 is 4.39 Å². The van der Waals surface area contributed by atoms with E-state index in [2.05, 4.69) is 15.3 Å². The van der Waals surface area contributed by atoms with Crippen LogP contribution in [-0.2, 0) is 9.47 Å². The highest BCUT2D eigenvalue weighted by Gasteiger charge is 2.32. The number of carbonyl (C=O) groups excluding carboxylic acids is 3. The van der Waals surface area contributed by atoms with Crippen LogP contribution in [0.15, 0.2) is 18.2 Å². The maximum absolute atomic E-state index is 16.4. The standard InChI is InChI=1S/C31H40FN5O6/c1-18-16-20(36(8)28(39)42-30(2,3)4)17-22(33-18)34-27-24(32)23(26-25(35-27)21(38)12-15-41-26)19-10-9-13-37(14-11-19)29(40)43-31(5,6)7/h11,16-17H,9-10,12-15H2,1-8H3,(H,33,34,35). The molecule has 0 aliphatic carbocycles. The Morgan fingerprint density at radius 2 is 1.77 bits per heavy atom. The first kappa shape index (κ1) is 31.7. The van der Waals surface area contributed by atoms with Crippen molar-refractivity contribution in [1.82, 2.24) is 14.9 Å². The van der Waals surface area contributed by atoms with Gasteiger partial charge in [-0.1, -0.05) is 6.08 Å². The molecule has 0 fully saturated rings. The lowest BCUT2D eigenvalue weighted by Gasteiger charge is -2.25. The number of nitrogens with zero attached hydrogens (tertiary/aromatic N) is 4. The fraction of sp³-hybridized carbons (Fsp3) is 0.516. The maximum atomic E-state index is 16.4. The van der Waals surface area contributed by atoms with E-state index in [1.54, 1.807) is 78.6 Å². The Morgan fingerprint density at radius 1 is 1.07 bits per heavy atom. The molecule has 0 atom stereocenters. The molecule has 11 nitrogen and oxygen atoms in total. The molecule has 2 aromatic heterocycles. The molecule has 2 aromatic rings. The predicted octanol–water partition coefficient (Wildman–Crippen LogP) is 6.42. The molecule has 4 heterocycles. The van der Waals surface area contributed by atoms with Crippen LogP contribution >= 0.6 is 0 Å². The van der Waals surface area contributed by atoms with Gasteiger partial charge in [-0.3, -0.25) is 9.69 Å². The molecule has 232 valence electrons. The van der Waals surface area contributed by atoms with Crippen LogP contribution in [-0.4, -0.2) is 70.8 Å². The number of carbonyl (C=O) groups is 3. The summed E-state index contributed by atoms with van der Waals surface area (Å²) in [4.78, 5) is 49.9. The SMILES string of the molecule is Cc1cc(N(C)C(=O)OC(C)(C)C)cc(Nc2nc3c(c(C4=CCN(C(=O)OC(C)(C)C)CCC4)c2F)OCCC3=O)n1. The van der Waals surface area contributed by atoms with E-state index in [1.165, 1.54) is 4.90 Å². The molecule has 43 heavy (non-hydrogen) atoms. The van der Waals surface area contributed by atoms with E-state index in [4.69, 9.17) is 14.2 Å². The van der Waals surface area contributed by atoms with Crippen LogP contribution in [0.4, 0.5) is 31.3 Å². The highest BCUT2D eigenvalue weighted by Crippen LogP contribution is 2.40. The summed E-state index contributed by atoms with van der Waals surface area (Å²) < 4.78 is 33.2. The summed E-state index contributed by atoms with van der Waals surface area (Å²) in [6, 6.07) is 3.26. The molecule has 0 unspecified atom stereocenters. The van der Waals surface area contributed by atoms with Crippen molar-refractivity contribution in [3.05, 3.63) is 41.0 Å². The topological polar surface area (TPSA) is 123 Å². The summed E-state index contributed by atoms with van der Waals surface area (Å²) in [6.07, 6.45) is 1.86.